The number of ether oxygens (including phenoxy) is 1. The van der Waals surface area contributed by atoms with Gasteiger partial charge in [-0.2, -0.15) is 0 Å². The zero-order chi connectivity index (χ0) is 10.4. The summed E-state index contributed by atoms with van der Waals surface area (Å²) in [6, 6.07) is 0. The molecule has 1 aromatic heterocycles. The lowest BCUT2D eigenvalue weighted by Gasteiger charge is -2.01. The molecule has 6 heteroatoms. The second-order valence-corrected chi connectivity index (χ2v) is 2.62. The average Bonchev–Trinajstić information content (AvgIpc) is 2.63. The second kappa shape index (κ2) is 5.11. The molecule has 0 fully saturated rings. The van der Waals surface area contributed by atoms with Crippen LogP contribution in [0.25, 0.3) is 0 Å². The first-order valence-electron chi connectivity index (χ1n) is 4.27. The maximum Gasteiger partial charge on any atom is 0.307 e. The van der Waals surface area contributed by atoms with Crippen LogP contribution in [0.5, 0.6) is 0 Å². The Labute approximate surface area is 80.9 Å². The average molecular weight is 197 g/mol. The number of carbonyl (C=O) groups is 1. The number of hydrogen-bond donors (Lipinski definition) is 0. The standard InChI is InChI=1S/C8H11N3O3/c1-2-14-8(12)3-4-11-5-7(10-13)9-6-11/h5-6H,2-4H2,1H3. The van der Waals surface area contributed by atoms with E-state index in [9.17, 15) is 9.70 Å². The van der Waals surface area contributed by atoms with Crippen molar-refractivity contribution in [1.82, 2.24) is 9.55 Å². The molecule has 0 N–H and O–H groups in total. The van der Waals surface area contributed by atoms with Crippen LogP contribution < -0.4 is 0 Å². The summed E-state index contributed by atoms with van der Waals surface area (Å²) in [6.45, 7) is 2.58. The molecule has 1 aromatic rings. The summed E-state index contributed by atoms with van der Waals surface area (Å²) < 4.78 is 6.36. The third kappa shape index (κ3) is 2.96. The molecule has 6 nitrogen and oxygen atoms in total. The van der Waals surface area contributed by atoms with Crippen LogP contribution in [0, 0.1) is 4.91 Å². The topological polar surface area (TPSA) is 73.6 Å². The van der Waals surface area contributed by atoms with Gasteiger partial charge in [0.2, 0.25) is 5.82 Å². The molecule has 0 bridgehead atoms. The molecule has 1 rings (SSSR count). The largest absolute Gasteiger partial charge is 0.466 e. The fourth-order valence-corrected chi connectivity index (χ4v) is 0.971. The quantitative estimate of drug-likeness (QED) is 0.525. The SMILES string of the molecule is CCOC(=O)CCn1cnc(N=O)c1. The molecule has 0 amide bonds. The van der Waals surface area contributed by atoms with E-state index in [1.54, 1.807) is 11.5 Å². The van der Waals surface area contributed by atoms with Crippen molar-refractivity contribution < 1.29 is 9.53 Å². The number of aromatic nitrogens is 2. The summed E-state index contributed by atoms with van der Waals surface area (Å²) in [7, 11) is 0. The van der Waals surface area contributed by atoms with Crippen LogP contribution >= 0.6 is 0 Å². The van der Waals surface area contributed by atoms with Crippen LogP contribution in [0.3, 0.4) is 0 Å². The van der Waals surface area contributed by atoms with Crippen molar-refractivity contribution in [3.63, 3.8) is 0 Å². The predicted molar refractivity (Wildman–Crippen MR) is 48.9 cm³/mol. The molecule has 14 heavy (non-hydrogen) atoms. The molecule has 0 aliphatic carbocycles. The van der Waals surface area contributed by atoms with E-state index in [0.717, 1.165) is 0 Å². The van der Waals surface area contributed by atoms with Crippen molar-refractivity contribution in [3.05, 3.63) is 17.4 Å². The van der Waals surface area contributed by atoms with E-state index in [-0.39, 0.29) is 18.2 Å². The number of aryl methyl sites for hydroxylation is 1. The van der Waals surface area contributed by atoms with Gasteiger partial charge in [-0.3, -0.25) is 4.79 Å². The van der Waals surface area contributed by atoms with E-state index >= 15 is 0 Å². The fraction of sp³-hybridized carbons (Fsp3) is 0.500. The van der Waals surface area contributed by atoms with Crippen LogP contribution in [-0.4, -0.2) is 22.1 Å². The lowest BCUT2D eigenvalue weighted by molar-refractivity contribution is -0.143. The minimum Gasteiger partial charge on any atom is -0.466 e. The van der Waals surface area contributed by atoms with Crippen LogP contribution in [-0.2, 0) is 16.1 Å². The van der Waals surface area contributed by atoms with Crippen molar-refractivity contribution in [2.24, 2.45) is 5.18 Å². The highest BCUT2D eigenvalue weighted by Gasteiger charge is 2.03. The van der Waals surface area contributed by atoms with E-state index in [4.69, 9.17) is 4.74 Å². The zero-order valence-electron chi connectivity index (χ0n) is 7.84. The number of imidazole rings is 1. The molecule has 0 spiro atoms. The van der Waals surface area contributed by atoms with Crippen molar-refractivity contribution >= 4 is 11.8 Å². The molecular weight excluding hydrogens is 186 g/mol. The first-order valence-corrected chi connectivity index (χ1v) is 4.27. The fourth-order valence-electron chi connectivity index (χ4n) is 0.971. The van der Waals surface area contributed by atoms with Gasteiger partial charge < -0.3 is 9.30 Å². The Hall–Kier alpha value is -1.72. The van der Waals surface area contributed by atoms with Gasteiger partial charge in [-0.1, -0.05) is 0 Å². The van der Waals surface area contributed by atoms with Gasteiger partial charge in [-0.15, -0.1) is 4.91 Å². The van der Waals surface area contributed by atoms with Gasteiger partial charge in [-0.05, 0) is 12.1 Å². The molecule has 0 unspecified atom stereocenters. The summed E-state index contributed by atoms with van der Waals surface area (Å²) >= 11 is 0. The van der Waals surface area contributed by atoms with Crippen molar-refractivity contribution in [2.75, 3.05) is 6.61 Å². The third-order valence-corrected chi connectivity index (χ3v) is 1.59. The molecule has 0 aromatic carbocycles. The molecule has 76 valence electrons. The highest BCUT2D eigenvalue weighted by atomic mass is 16.5. The van der Waals surface area contributed by atoms with E-state index < -0.39 is 0 Å². The molecule has 0 saturated carbocycles. The Kier molecular flexibility index (Phi) is 3.78. The number of hydrogen-bond acceptors (Lipinski definition) is 5. The van der Waals surface area contributed by atoms with Gasteiger partial charge in [0.05, 0.1) is 25.6 Å². The van der Waals surface area contributed by atoms with E-state index in [1.165, 1.54) is 12.5 Å². The molecule has 0 radical (unpaired) electrons. The van der Waals surface area contributed by atoms with Crippen LogP contribution in [0.15, 0.2) is 17.7 Å². The molecule has 1 heterocycles. The monoisotopic (exact) mass is 197 g/mol. The molecular formula is C8H11N3O3. The van der Waals surface area contributed by atoms with E-state index in [0.29, 0.717) is 13.2 Å². The lowest BCUT2D eigenvalue weighted by atomic mass is 10.4. The maximum absolute atomic E-state index is 11.0. The molecule has 0 aliphatic heterocycles. The highest BCUT2D eigenvalue weighted by Crippen LogP contribution is 2.06. The maximum atomic E-state index is 11.0. The van der Waals surface area contributed by atoms with E-state index in [1.807, 2.05) is 0 Å². The van der Waals surface area contributed by atoms with Gasteiger partial charge in [0, 0.05) is 6.54 Å². The summed E-state index contributed by atoms with van der Waals surface area (Å²) in [6.07, 6.45) is 3.20. The minimum absolute atomic E-state index is 0.119. The zero-order valence-corrected chi connectivity index (χ0v) is 7.84. The Morgan fingerprint density at radius 1 is 1.71 bits per heavy atom. The summed E-state index contributed by atoms with van der Waals surface area (Å²) in [5, 5.41) is 2.66. The van der Waals surface area contributed by atoms with Crippen LogP contribution in [0.2, 0.25) is 0 Å². The Morgan fingerprint density at radius 3 is 3.07 bits per heavy atom. The second-order valence-electron chi connectivity index (χ2n) is 2.62. The van der Waals surface area contributed by atoms with E-state index in [2.05, 4.69) is 10.2 Å². The van der Waals surface area contributed by atoms with Gasteiger partial charge in [0.25, 0.3) is 0 Å². The number of nitrogens with zero attached hydrogens (tertiary/aromatic N) is 3. The smallest absolute Gasteiger partial charge is 0.307 e. The molecule has 0 saturated heterocycles. The van der Waals surface area contributed by atoms with Crippen LogP contribution in [0.4, 0.5) is 5.82 Å². The normalized spacial score (nSPS) is 9.79. The Bertz CT molecular complexity index is 321. The van der Waals surface area contributed by atoms with Gasteiger partial charge in [0.15, 0.2) is 0 Å². The van der Waals surface area contributed by atoms with Gasteiger partial charge >= 0.3 is 5.97 Å². The van der Waals surface area contributed by atoms with Crippen molar-refractivity contribution in [3.8, 4) is 0 Å². The summed E-state index contributed by atoms with van der Waals surface area (Å²) in [5.74, 6) is -0.143. The molecule has 0 aliphatic rings. The number of carbonyl (C=O) groups excluding carboxylic acids is 1. The van der Waals surface area contributed by atoms with Crippen molar-refractivity contribution in [2.45, 2.75) is 19.9 Å². The van der Waals surface area contributed by atoms with Crippen LogP contribution in [0.1, 0.15) is 13.3 Å². The minimum atomic E-state index is -0.262. The number of esters is 1. The first-order chi connectivity index (χ1) is 6.76. The highest BCUT2D eigenvalue weighted by molar-refractivity contribution is 5.69. The first kappa shape index (κ1) is 10.4. The Balaban J connectivity index is 2.37. The number of rotatable bonds is 5. The van der Waals surface area contributed by atoms with Gasteiger partial charge in [-0.25, -0.2) is 4.98 Å². The Morgan fingerprint density at radius 2 is 2.50 bits per heavy atom. The third-order valence-electron chi connectivity index (χ3n) is 1.59. The number of nitroso groups, excluding NO2 is 1. The predicted octanol–water partition coefficient (Wildman–Crippen LogP) is 1.23. The van der Waals surface area contributed by atoms with Gasteiger partial charge in [0.1, 0.15) is 0 Å². The lowest BCUT2D eigenvalue weighted by Crippen LogP contribution is -2.07. The van der Waals surface area contributed by atoms with Crippen molar-refractivity contribution in [1.29, 1.82) is 0 Å². The summed E-state index contributed by atoms with van der Waals surface area (Å²) in [4.78, 5) is 24.7. The molecule has 0 atom stereocenters. The summed E-state index contributed by atoms with van der Waals surface area (Å²) in [5.41, 5.74) is 0.